The molecule has 4 rings (SSSR count). The van der Waals surface area contributed by atoms with Crippen LogP contribution in [-0.4, -0.2) is 28.5 Å². The molecule has 3 aromatic carbocycles. The Kier molecular flexibility index (Phi) is 8.75. The summed E-state index contributed by atoms with van der Waals surface area (Å²) in [6.45, 7) is 7.15. The van der Waals surface area contributed by atoms with Gasteiger partial charge < -0.3 is 32.4 Å². The maximum atomic E-state index is 12.6. The first kappa shape index (κ1) is 27.8. The quantitative estimate of drug-likeness (QED) is 0.179. The van der Waals surface area contributed by atoms with Crippen LogP contribution < -0.4 is 27.3 Å². The molecule has 0 aliphatic rings. The third-order valence-corrected chi connectivity index (χ3v) is 5.64. The number of fused-ring (bicyclic) bond motifs is 1. The zero-order valence-electron chi connectivity index (χ0n) is 21.7. The number of nitrogens with one attached hydrogen (secondary N) is 1. The number of aromatic nitrogens is 1. The fourth-order valence-corrected chi connectivity index (χ4v) is 3.47. The summed E-state index contributed by atoms with van der Waals surface area (Å²) in [7, 11) is 0. The number of nitrogens with zero attached hydrogens (tertiary/aromatic N) is 1. The third-order valence-electron chi connectivity index (χ3n) is 5.64. The molecule has 9 nitrogen and oxygen atoms in total. The number of phenolic OH excluding ortho intramolecular Hbond substituents is 1. The summed E-state index contributed by atoms with van der Waals surface area (Å²) < 4.78 is 5.74. The molecule has 0 aliphatic carbocycles. The highest BCUT2D eigenvalue weighted by molar-refractivity contribution is 6.11. The predicted octanol–water partition coefficient (Wildman–Crippen LogP) is 4.96. The lowest BCUT2D eigenvalue weighted by molar-refractivity contribution is 0.0997. The lowest BCUT2D eigenvalue weighted by Crippen LogP contribution is -2.13. The number of hydrogen-bond donors (Lipinski definition) is 5. The van der Waals surface area contributed by atoms with Gasteiger partial charge in [0, 0.05) is 17.3 Å². The van der Waals surface area contributed by atoms with Crippen molar-refractivity contribution in [3.63, 3.8) is 0 Å². The number of pyridine rings is 1. The van der Waals surface area contributed by atoms with Crippen molar-refractivity contribution in [1.82, 2.24) is 4.98 Å². The van der Waals surface area contributed by atoms with Crippen molar-refractivity contribution in [2.45, 2.75) is 27.2 Å². The summed E-state index contributed by atoms with van der Waals surface area (Å²) in [5, 5.41) is 14.6. The van der Waals surface area contributed by atoms with Crippen molar-refractivity contribution in [3.05, 3.63) is 84.1 Å². The molecular weight excluding hydrogens is 482 g/mol. The van der Waals surface area contributed by atoms with Crippen molar-refractivity contribution >= 4 is 39.8 Å². The molecule has 1 aromatic heterocycles. The smallest absolute Gasteiger partial charge is 0.259 e. The Bertz CT molecular complexity index is 1430. The Morgan fingerprint density at radius 1 is 0.974 bits per heavy atom. The van der Waals surface area contributed by atoms with Gasteiger partial charge in [0.25, 0.3) is 11.8 Å². The van der Waals surface area contributed by atoms with Crippen LogP contribution in [-0.2, 0) is 0 Å². The number of nitrogen functional groups attached to an aromatic ring is 2. The Morgan fingerprint density at radius 2 is 1.66 bits per heavy atom. The van der Waals surface area contributed by atoms with Gasteiger partial charge in [0.05, 0.1) is 23.4 Å². The number of aromatic hydroxyl groups is 1. The number of phenols is 1. The Labute approximate surface area is 221 Å². The Hall–Kier alpha value is -4.79. The molecule has 0 unspecified atom stereocenters. The summed E-state index contributed by atoms with van der Waals surface area (Å²) in [6.07, 6.45) is 2.45. The van der Waals surface area contributed by atoms with Gasteiger partial charge in [0.15, 0.2) is 5.75 Å². The number of amides is 2. The van der Waals surface area contributed by atoms with Gasteiger partial charge in [0.1, 0.15) is 11.6 Å². The largest absolute Gasteiger partial charge is 0.505 e. The van der Waals surface area contributed by atoms with Gasteiger partial charge >= 0.3 is 0 Å². The van der Waals surface area contributed by atoms with E-state index in [1.807, 2.05) is 36.4 Å². The summed E-state index contributed by atoms with van der Waals surface area (Å²) in [6, 6.07) is 19.3. The van der Waals surface area contributed by atoms with Crippen LogP contribution in [0.1, 0.15) is 47.9 Å². The van der Waals surface area contributed by atoms with Gasteiger partial charge in [-0.05, 0) is 59.7 Å². The molecule has 0 atom stereocenters. The normalized spacial score (nSPS) is 10.8. The summed E-state index contributed by atoms with van der Waals surface area (Å²) >= 11 is 0. The molecule has 0 radical (unpaired) electrons. The van der Waals surface area contributed by atoms with Crippen molar-refractivity contribution in [1.29, 1.82) is 0 Å². The number of ether oxygens (including phenoxy) is 1. The Morgan fingerprint density at radius 3 is 2.26 bits per heavy atom. The second-order valence-corrected chi connectivity index (χ2v) is 9.85. The summed E-state index contributed by atoms with van der Waals surface area (Å²) in [4.78, 5) is 26.8. The SMILES string of the molecule is CC(C)(C)CCOc1ccc(NC(=O)c2cc3ccccc3c(N)c2O)cc1.NC(=O)c1cccnc1N. The van der Waals surface area contributed by atoms with E-state index in [1.165, 1.54) is 12.3 Å². The highest BCUT2D eigenvalue weighted by atomic mass is 16.5. The lowest BCUT2D eigenvalue weighted by Gasteiger charge is -2.18. The molecular formula is C29H33N5O4. The molecule has 0 aliphatic heterocycles. The topological polar surface area (TPSA) is 167 Å². The fraction of sp³-hybridized carbons (Fsp3) is 0.207. The number of carbonyl (C=O) groups is 2. The van der Waals surface area contributed by atoms with E-state index in [1.54, 1.807) is 24.3 Å². The van der Waals surface area contributed by atoms with Gasteiger partial charge in [-0.15, -0.1) is 0 Å². The van der Waals surface area contributed by atoms with E-state index in [2.05, 4.69) is 31.1 Å². The third kappa shape index (κ3) is 7.36. The minimum atomic E-state index is -0.550. The molecule has 9 heteroatoms. The number of rotatable bonds is 6. The lowest BCUT2D eigenvalue weighted by atomic mass is 9.93. The fourth-order valence-electron chi connectivity index (χ4n) is 3.47. The second kappa shape index (κ2) is 12.0. The van der Waals surface area contributed by atoms with E-state index in [0.717, 1.165) is 17.6 Å². The molecule has 198 valence electrons. The molecule has 1 heterocycles. The van der Waals surface area contributed by atoms with Crippen LogP contribution in [0.15, 0.2) is 72.9 Å². The van der Waals surface area contributed by atoms with Crippen molar-refractivity contribution in [3.8, 4) is 11.5 Å². The second-order valence-electron chi connectivity index (χ2n) is 9.85. The van der Waals surface area contributed by atoms with Gasteiger partial charge in [-0.3, -0.25) is 9.59 Å². The van der Waals surface area contributed by atoms with E-state index in [-0.39, 0.29) is 33.8 Å². The molecule has 0 spiro atoms. The van der Waals surface area contributed by atoms with Crippen molar-refractivity contribution in [2.24, 2.45) is 11.1 Å². The zero-order valence-corrected chi connectivity index (χ0v) is 21.7. The molecule has 0 saturated carbocycles. The molecule has 38 heavy (non-hydrogen) atoms. The van der Waals surface area contributed by atoms with Crippen LogP contribution in [0.25, 0.3) is 10.8 Å². The van der Waals surface area contributed by atoms with Crippen LogP contribution >= 0.6 is 0 Å². The first-order valence-corrected chi connectivity index (χ1v) is 12.0. The van der Waals surface area contributed by atoms with Crippen LogP contribution in [0.2, 0.25) is 0 Å². The van der Waals surface area contributed by atoms with E-state index < -0.39 is 11.8 Å². The van der Waals surface area contributed by atoms with Crippen LogP contribution in [0, 0.1) is 5.41 Å². The first-order chi connectivity index (χ1) is 18.0. The monoisotopic (exact) mass is 515 g/mol. The van der Waals surface area contributed by atoms with Crippen LogP contribution in [0.3, 0.4) is 0 Å². The molecule has 4 aromatic rings. The number of hydrogen-bond acceptors (Lipinski definition) is 7. The van der Waals surface area contributed by atoms with Crippen molar-refractivity contribution in [2.75, 3.05) is 23.4 Å². The van der Waals surface area contributed by atoms with Crippen LogP contribution in [0.4, 0.5) is 17.2 Å². The Balaban J connectivity index is 0.000000336. The maximum Gasteiger partial charge on any atom is 0.259 e. The number of primary amides is 1. The number of carbonyl (C=O) groups excluding carboxylic acids is 2. The van der Waals surface area contributed by atoms with E-state index in [0.29, 0.717) is 17.7 Å². The molecule has 0 saturated heterocycles. The molecule has 2 amide bonds. The predicted molar refractivity (Wildman–Crippen MR) is 151 cm³/mol. The van der Waals surface area contributed by atoms with Gasteiger partial charge in [-0.2, -0.15) is 0 Å². The summed E-state index contributed by atoms with van der Waals surface area (Å²) in [5.41, 5.74) is 17.7. The van der Waals surface area contributed by atoms with Crippen molar-refractivity contribution < 1.29 is 19.4 Å². The number of anilines is 3. The standard InChI is InChI=1S/C23H26N2O3.C6H7N3O/c1-23(2,3)12-13-28-17-10-8-16(9-11-17)25-22(27)19-14-15-6-4-5-7-18(15)20(24)21(19)26;7-5-4(6(8)10)2-1-3-9-5/h4-11,14,26H,12-13,24H2,1-3H3,(H,25,27);1-3H,(H2,7,9)(H2,8,10). The zero-order chi connectivity index (χ0) is 27.9. The molecule has 0 bridgehead atoms. The van der Waals surface area contributed by atoms with Crippen LogP contribution in [0.5, 0.6) is 11.5 Å². The minimum Gasteiger partial charge on any atom is -0.505 e. The van der Waals surface area contributed by atoms with Gasteiger partial charge in [0.2, 0.25) is 0 Å². The highest BCUT2D eigenvalue weighted by Crippen LogP contribution is 2.34. The van der Waals surface area contributed by atoms with E-state index >= 15 is 0 Å². The summed E-state index contributed by atoms with van der Waals surface area (Å²) in [5.74, 6) is -0.254. The highest BCUT2D eigenvalue weighted by Gasteiger charge is 2.17. The average molecular weight is 516 g/mol. The number of benzene rings is 3. The van der Waals surface area contributed by atoms with E-state index in [9.17, 15) is 14.7 Å². The minimum absolute atomic E-state index is 0.140. The van der Waals surface area contributed by atoms with E-state index in [4.69, 9.17) is 21.9 Å². The van der Waals surface area contributed by atoms with Gasteiger partial charge in [-0.25, -0.2) is 4.98 Å². The average Bonchev–Trinajstić information content (AvgIpc) is 2.87. The maximum absolute atomic E-state index is 12.6. The number of nitrogens with two attached hydrogens (primary N) is 3. The van der Waals surface area contributed by atoms with Gasteiger partial charge in [-0.1, -0.05) is 45.0 Å². The molecule has 0 fully saturated rings. The molecule has 8 N–H and O–H groups in total. The first-order valence-electron chi connectivity index (χ1n) is 12.0.